The molecule has 0 aromatic heterocycles. The lowest BCUT2D eigenvalue weighted by atomic mass is 10.0. The van der Waals surface area contributed by atoms with Gasteiger partial charge in [0.25, 0.3) is 5.91 Å². The van der Waals surface area contributed by atoms with Crippen LogP contribution in [-0.2, 0) is 28.0 Å². The minimum absolute atomic E-state index is 0.0850. The van der Waals surface area contributed by atoms with Crippen LogP contribution >= 0.6 is 11.8 Å². The van der Waals surface area contributed by atoms with Crippen molar-refractivity contribution in [1.82, 2.24) is 15.8 Å². The van der Waals surface area contributed by atoms with Crippen LogP contribution in [0.3, 0.4) is 0 Å². The number of urea groups is 1. The zero-order chi connectivity index (χ0) is 31.5. The predicted octanol–water partition coefficient (Wildman–Crippen LogP) is 6.70. The number of methoxy groups -OCH3 is 1. The highest BCUT2D eigenvalue weighted by Crippen LogP contribution is 2.29. The third kappa shape index (κ3) is 9.11. The second-order valence-corrected chi connectivity index (χ2v) is 10.7. The van der Waals surface area contributed by atoms with Gasteiger partial charge in [0.2, 0.25) is 0 Å². The predicted molar refractivity (Wildman–Crippen MR) is 163 cm³/mol. The Kier molecular flexibility index (Phi) is 11.0. The molecular formula is C33H30F3N3O4S. The van der Waals surface area contributed by atoms with E-state index in [-0.39, 0.29) is 17.9 Å². The second kappa shape index (κ2) is 15.1. The molecule has 0 aliphatic rings. The SMILES string of the molecule is COC(=O)C(CSCc1ccccc1)NC(=O)N(Cc1ccc(-c2ccccc2)cc1)NC(=O)c1ccc(C(F)(F)F)cc1. The van der Waals surface area contributed by atoms with Gasteiger partial charge in [-0.05, 0) is 46.5 Å². The van der Waals surface area contributed by atoms with Crippen LogP contribution in [0.1, 0.15) is 27.0 Å². The molecule has 4 rings (SSSR count). The molecule has 0 radical (unpaired) electrons. The fourth-order valence-corrected chi connectivity index (χ4v) is 5.18. The highest BCUT2D eigenvalue weighted by molar-refractivity contribution is 7.98. The number of ether oxygens (including phenoxy) is 1. The molecule has 228 valence electrons. The summed E-state index contributed by atoms with van der Waals surface area (Å²) < 4.78 is 43.9. The topological polar surface area (TPSA) is 87.7 Å². The van der Waals surface area contributed by atoms with E-state index < -0.39 is 35.7 Å². The number of nitrogens with zero attached hydrogens (tertiary/aromatic N) is 1. The summed E-state index contributed by atoms with van der Waals surface area (Å²) in [7, 11) is 1.21. The summed E-state index contributed by atoms with van der Waals surface area (Å²) in [5.41, 5.74) is 5.12. The number of halogens is 3. The number of thioether (sulfide) groups is 1. The minimum atomic E-state index is -4.56. The van der Waals surface area contributed by atoms with E-state index in [1.54, 1.807) is 12.1 Å². The summed E-state index contributed by atoms with van der Waals surface area (Å²) in [6.45, 7) is -0.0989. The number of hydrazine groups is 1. The average Bonchev–Trinajstić information content (AvgIpc) is 3.04. The maximum Gasteiger partial charge on any atom is 0.416 e. The van der Waals surface area contributed by atoms with Gasteiger partial charge < -0.3 is 10.1 Å². The van der Waals surface area contributed by atoms with Crippen molar-refractivity contribution in [2.24, 2.45) is 0 Å². The van der Waals surface area contributed by atoms with Gasteiger partial charge in [-0.2, -0.15) is 24.9 Å². The van der Waals surface area contributed by atoms with E-state index >= 15 is 0 Å². The van der Waals surface area contributed by atoms with Crippen molar-refractivity contribution in [3.05, 3.63) is 131 Å². The monoisotopic (exact) mass is 621 g/mol. The van der Waals surface area contributed by atoms with Gasteiger partial charge in [0.15, 0.2) is 0 Å². The molecular weight excluding hydrogens is 591 g/mol. The molecule has 0 heterocycles. The largest absolute Gasteiger partial charge is 0.467 e. The summed E-state index contributed by atoms with van der Waals surface area (Å²) in [4.78, 5) is 39.1. The van der Waals surface area contributed by atoms with Gasteiger partial charge in [-0.25, -0.2) is 14.6 Å². The number of carbonyl (C=O) groups excluding carboxylic acids is 3. The Balaban J connectivity index is 1.51. The number of hydrogen-bond donors (Lipinski definition) is 2. The van der Waals surface area contributed by atoms with Crippen LogP contribution in [0.25, 0.3) is 11.1 Å². The van der Waals surface area contributed by atoms with Gasteiger partial charge in [-0.15, -0.1) is 0 Å². The number of hydrogen-bond acceptors (Lipinski definition) is 5. The molecule has 0 bridgehead atoms. The molecule has 44 heavy (non-hydrogen) atoms. The lowest BCUT2D eigenvalue weighted by Crippen LogP contribution is -2.54. The third-order valence-electron chi connectivity index (χ3n) is 6.54. The van der Waals surface area contributed by atoms with Gasteiger partial charge in [0, 0.05) is 17.1 Å². The lowest BCUT2D eigenvalue weighted by Gasteiger charge is -2.26. The number of carbonyl (C=O) groups is 3. The Bertz CT molecular complexity index is 1540. The summed E-state index contributed by atoms with van der Waals surface area (Å²) >= 11 is 1.42. The number of alkyl halides is 3. The maximum atomic E-state index is 13.5. The molecule has 0 saturated carbocycles. The van der Waals surface area contributed by atoms with Crippen LogP contribution in [0, 0.1) is 0 Å². The van der Waals surface area contributed by atoms with Crippen molar-refractivity contribution in [2.75, 3.05) is 12.9 Å². The Labute approximate surface area is 257 Å². The maximum absolute atomic E-state index is 13.5. The molecule has 7 nitrogen and oxygen atoms in total. The van der Waals surface area contributed by atoms with Gasteiger partial charge >= 0.3 is 18.2 Å². The number of amides is 3. The van der Waals surface area contributed by atoms with Crippen molar-refractivity contribution in [3.8, 4) is 11.1 Å². The Hall–Kier alpha value is -4.77. The molecule has 0 fully saturated rings. The zero-order valence-corrected chi connectivity index (χ0v) is 24.5. The summed E-state index contributed by atoms with van der Waals surface area (Å²) in [6.07, 6.45) is -4.56. The van der Waals surface area contributed by atoms with E-state index in [4.69, 9.17) is 4.74 Å². The van der Waals surface area contributed by atoms with Crippen LogP contribution in [0.2, 0.25) is 0 Å². The number of esters is 1. The Morgan fingerprint density at radius 2 is 1.39 bits per heavy atom. The van der Waals surface area contributed by atoms with E-state index in [1.165, 1.54) is 18.9 Å². The molecule has 3 amide bonds. The van der Waals surface area contributed by atoms with Crippen LogP contribution < -0.4 is 10.7 Å². The summed E-state index contributed by atoms with van der Waals surface area (Å²) in [6, 6.07) is 28.4. The first-order valence-corrected chi connectivity index (χ1v) is 14.7. The molecule has 11 heteroatoms. The molecule has 2 N–H and O–H groups in total. The van der Waals surface area contributed by atoms with Gasteiger partial charge in [0.05, 0.1) is 19.2 Å². The van der Waals surface area contributed by atoms with Crippen LogP contribution in [0.15, 0.2) is 109 Å². The smallest absolute Gasteiger partial charge is 0.416 e. The molecule has 1 unspecified atom stereocenters. The van der Waals surface area contributed by atoms with Crippen LogP contribution in [0.5, 0.6) is 0 Å². The van der Waals surface area contributed by atoms with Crippen molar-refractivity contribution >= 4 is 29.7 Å². The fourth-order valence-electron chi connectivity index (χ4n) is 4.18. The normalized spacial score (nSPS) is 11.7. The van der Waals surface area contributed by atoms with E-state index in [9.17, 15) is 27.6 Å². The third-order valence-corrected chi connectivity index (χ3v) is 7.64. The van der Waals surface area contributed by atoms with Crippen LogP contribution in [-0.4, -0.2) is 41.8 Å². The van der Waals surface area contributed by atoms with Gasteiger partial charge in [0.1, 0.15) is 6.04 Å². The van der Waals surface area contributed by atoms with E-state index in [2.05, 4.69) is 10.7 Å². The number of nitrogens with one attached hydrogen (secondary N) is 2. The standard InChI is InChI=1S/C33H30F3N3O4S/c1-43-31(41)29(22-44-21-24-8-4-2-5-9-24)37-32(42)39(38-30(40)27-16-18-28(19-17-27)33(34,35)36)20-23-12-14-26(15-13-23)25-10-6-3-7-11-25/h2-19,29H,20-22H2,1H3,(H,37,42)(H,38,40). The molecule has 4 aromatic carbocycles. The van der Waals surface area contributed by atoms with Gasteiger partial charge in [-0.3, -0.25) is 10.2 Å². The molecule has 0 saturated heterocycles. The fraction of sp³-hybridized carbons (Fsp3) is 0.182. The van der Waals surface area contributed by atoms with E-state index in [0.717, 1.165) is 46.0 Å². The highest BCUT2D eigenvalue weighted by Gasteiger charge is 2.31. The molecule has 4 aromatic rings. The quantitative estimate of drug-likeness (QED) is 0.152. The first-order valence-electron chi connectivity index (χ1n) is 13.5. The molecule has 0 aliphatic carbocycles. The molecule has 0 aliphatic heterocycles. The summed E-state index contributed by atoms with van der Waals surface area (Å²) in [5, 5.41) is 3.61. The van der Waals surface area contributed by atoms with Gasteiger partial charge in [-0.1, -0.05) is 84.9 Å². The van der Waals surface area contributed by atoms with Crippen LogP contribution in [0.4, 0.5) is 18.0 Å². The second-order valence-electron chi connectivity index (χ2n) is 9.69. The molecule has 0 spiro atoms. The number of benzene rings is 4. The Morgan fingerprint density at radius 3 is 1.98 bits per heavy atom. The first-order chi connectivity index (χ1) is 21.1. The number of rotatable bonds is 10. The average molecular weight is 622 g/mol. The molecule has 1 atom stereocenters. The summed E-state index contributed by atoms with van der Waals surface area (Å²) in [5.74, 6) is -0.686. The van der Waals surface area contributed by atoms with Crippen molar-refractivity contribution in [1.29, 1.82) is 0 Å². The highest BCUT2D eigenvalue weighted by atomic mass is 32.2. The lowest BCUT2D eigenvalue weighted by molar-refractivity contribution is -0.142. The minimum Gasteiger partial charge on any atom is -0.467 e. The van der Waals surface area contributed by atoms with E-state index in [1.807, 2.05) is 72.8 Å². The van der Waals surface area contributed by atoms with E-state index in [0.29, 0.717) is 11.3 Å². The Morgan fingerprint density at radius 1 is 0.795 bits per heavy atom. The zero-order valence-electron chi connectivity index (χ0n) is 23.7. The van der Waals surface area contributed by atoms with Crippen molar-refractivity contribution in [3.63, 3.8) is 0 Å². The first kappa shape index (κ1) is 32.2. The van der Waals surface area contributed by atoms with Crippen molar-refractivity contribution < 1.29 is 32.3 Å². The van der Waals surface area contributed by atoms with Crippen molar-refractivity contribution in [2.45, 2.75) is 24.5 Å².